The maximum atomic E-state index is 12.8. The summed E-state index contributed by atoms with van der Waals surface area (Å²) in [6.45, 7) is 6.71. The maximum absolute atomic E-state index is 12.8. The lowest BCUT2D eigenvalue weighted by molar-refractivity contribution is 0.00695. The second-order valence-corrected chi connectivity index (χ2v) is 5.63. The number of thioether (sulfide) groups is 1. The lowest BCUT2D eigenvalue weighted by Gasteiger charge is -2.19. The van der Waals surface area contributed by atoms with Crippen molar-refractivity contribution in [1.82, 2.24) is 0 Å². The van der Waals surface area contributed by atoms with E-state index in [-0.39, 0.29) is 11.4 Å². The summed E-state index contributed by atoms with van der Waals surface area (Å²) in [5.74, 6) is 0.514. The van der Waals surface area contributed by atoms with E-state index in [9.17, 15) is 4.39 Å². The van der Waals surface area contributed by atoms with E-state index in [0.29, 0.717) is 12.3 Å². The molecule has 1 rings (SSSR count). The third kappa shape index (κ3) is 4.86. The van der Waals surface area contributed by atoms with E-state index in [1.54, 1.807) is 17.8 Å². The molecular weight excluding hydrogens is 225 g/mol. The van der Waals surface area contributed by atoms with Crippen molar-refractivity contribution >= 4 is 17.4 Å². The summed E-state index contributed by atoms with van der Waals surface area (Å²) in [6.07, 6.45) is 0. The predicted molar refractivity (Wildman–Crippen MR) is 67.2 cm³/mol. The molecule has 0 aliphatic carbocycles. The van der Waals surface area contributed by atoms with E-state index in [1.807, 2.05) is 20.8 Å². The molecule has 0 spiro atoms. The molecule has 1 aromatic rings. The van der Waals surface area contributed by atoms with Gasteiger partial charge in [-0.15, -0.1) is 11.8 Å². The SMILES string of the molecule is CC(C)(C)OCCSc1ccc(F)cc1N. The van der Waals surface area contributed by atoms with E-state index in [0.717, 1.165) is 10.6 Å². The molecule has 16 heavy (non-hydrogen) atoms. The third-order valence-electron chi connectivity index (χ3n) is 1.85. The minimum Gasteiger partial charge on any atom is -0.398 e. The van der Waals surface area contributed by atoms with Crippen molar-refractivity contribution < 1.29 is 9.13 Å². The largest absolute Gasteiger partial charge is 0.398 e. The van der Waals surface area contributed by atoms with Gasteiger partial charge in [0.1, 0.15) is 5.82 Å². The molecule has 90 valence electrons. The van der Waals surface area contributed by atoms with Crippen LogP contribution in [0.4, 0.5) is 10.1 Å². The highest BCUT2D eigenvalue weighted by Gasteiger charge is 2.09. The monoisotopic (exact) mass is 243 g/mol. The number of anilines is 1. The molecule has 0 radical (unpaired) electrons. The van der Waals surface area contributed by atoms with Crippen molar-refractivity contribution in [2.75, 3.05) is 18.1 Å². The van der Waals surface area contributed by atoms with Crippen molar-refractivity contribution in [2.45, 2.75) is 31.3 Å². The number of halogens is 1. The first-order valence-corrected chi connectivity index (χ1v) is 6.19. The standard InChI is InChI=1S/C12H18FNOS/c1-12(2,3)15-6-7-16-11-5-4-9(13)8-10(11)14/h4-5,8H,6-7,14H2,1-3H3. The Morgan fingerprint density at radius 3 is 2.62 bits per heavy atom. The van der Waals surface area contributed by atoms with Gasteiger partial charge in [-0.2, -0.15) is 0 Å². The van der Waals surface area contributed by atoms with Crippen LogP contribution in [0.3, 0.4) is 0 Å². The molecule has 0 saturated heterocycles. The molecule has 0 fully saturated rings. The Kier molecular flexibility index (Phi) is 4.62. The molecule has 2 N–H and O–H groups in total. The van der Waals surface area contributed by atoms with Gasteiger partial charge in [0.05, 0.1) is 12.2 Å². The van der Waals surface area contributed by atoms with E-state index in [4.69, 9.17) is 10.5 Å². The summed E-state index contributed by atoms with van der Waals surface area (Å²) in [7, 11) is 0. The van der Waals surface area contributed by atoms with Crippen LogP contribution >= 0.6 is 11.8 Å². The number of benzene rings is 1. The summed E-state index contributed by atoms with van der Waals surface area (Å²) in [6, 6.07) is 4.46. The smallest absolute Gasteiger partial charge is 0.125 e. The van der Waals surface area contributed by atoms with Gasteiger partial charge in [0.15, 0.2) is 0 Å². The molecule has 0 heterocycles. The van der Waals surface area contributed by atoms with Crippen LogP contribution in [0.2, 0.25) is 0 Å². The van der Waals surface area contributed by atoms with E-state index < -0.39 is 0 Å². The minimum absolute atomic E-state index is 0.116. The van der Waals surface area contributed by atoms with Gasteiger partial charge < -0.3 is 10.5 Å². The molecule has 0 aliphatic rings. The first-order valence-electron chi connectivity index (χ1n) is 5.20. The van der Waals surface area contributed by atoms with Crippen LogP contribution in [0, 0.1) is 5.82 Å². The summed E-state index contributed by atoms with van der Waals surface area (Å²) >= 11 is 1.58. The Morgan fingerprint density at radius 2 is 2.06 bits per heavy atom. The Morgan fingerprint density at radius 1 is 1.38 bits per heavy atom. The Bertz CT molecular complexity index is 349. The topological polar surface area (TPSA) is 35.2 Å². The number of hydrogen-bond acceptors (Lipinski definition) is 3. The first kappa shape index (κ1) is 13.3. The number of nitrogen functional groups attached to an aromatic ring is 1. The summed E-state index contributed by atoms with van der Waals surface area (Å²) in [5.41, 5.74) is 6.06. The van der Waals surface area contributed by atoms with Crippen LogP contribution in [0.1, 0.15) is 20.8 Å². The van der Waals surface area contributed by atoms with Crippen molar-refractivity contribution in [3.63, 3.8) is 0 Å². The number of hydrogen-bond donors (Lipinski definition) is 1. The van der Waals surface area contributed by atoms with E-state index in [2.05, 4.69) is 0 Å². The van der Waals surface area contributed by atoms with Crippen LogP contribution in [-0.4, -0.2) is 18.0 Å². The van der Waals surface area contributed by atoms with Crippen LogP contribution in [0.5, 0.6) is 0 Å². The molecular formula is C12H18FNOS. The minimum atomic E-state index is -0.298. The van der Waals surface area contributed by atoms with Crippen molar-refractivity contribution in [1.29, 1.82) is 0 Å². The zero-order valence-corrected chi connectivity index (χ0v) is 10.7. The highest BCUT2D eigenvalue weighted by molar-refractivity contribution is 7.99. The lowest BCUT2D eigenvalue weighted by atomic mass is 10.2. The average Bonchev–Trinajstić information content (AvgIpc) is 2.13. The van der Waals surface area contributed by atoms with E-state index in [1.165, 1.54) is 12.1 Å². The van der Waals surface area contributed by atoms with E-state index >= 15 is 0 Å². The quantitative estimate of drug-likeness (QED) is 0.500. The molecule has 2 nitrogen and oxygen atoms in total. The maximum Gasteiger partial charge on any atom is 0.125 e. The van der Waals surface area contributed by atoms with Gasteiger partial charge >= 0.3 is 0 Å². The third-order valence-corrected chi connectivity index (χ3v) is 2.90. The number of nitrogens with two attached hydrogens (primary N) is 1. The van der Waals surface area contributed by atoms with Crippen LogP contribution < -0.4 is 5.73 Å². The first-order chi connectivity index (χ1) is 7.38. The molecule has 1 aromatic carbocycles. The summed E-state index contributed by atoms with van der Waals surface area (Å²) < 4.78 is 18.4. The molecule has 0 amide bonds. The highest BCUT2D eigenvalue weighted by Crippen LogP contribution is 2.25. The average molecular weight is 243 g/mol. The predicted octanol–water partition coefficient (Wildman–Crippen LogP) is 3.32. The van der Waals surface area contributed by atoms with Crippen molar-refractivity contribution in [2.24, 2.45) is 0 Å². The van der Waals surface area contributed by atoms with Crippen LogP contribution in [0.15, 0.2) is 23.1 Å². The fraction of sp³-hybridized carbons (Fsp3) is 0.500. The molecule has 0 saturated carbocycles. The van der Waals surface area contributed by atoms with Gasteiger partial charge in [-0.05, 0) is 39.0 Å². The van der Waals surface area contributed by atoms with Crippen molar-refractivity contribution in [3.8, 4) is 0 Å². The Labute approximate surface area is 100 Å². The molecule has 0 atom stereocenters. The van der Waals surface area contributed by atoms with Crippen LogP contribution in [0.25, 0.3) is 0 Å². The summed E-state index contributed by atoms with van der Waals surface area (Å²) in [4.78, 5) is 0.902. The lowest BCUT2D eigenvalue weighted by Crippen LogP contribution is -2.20. The number of ether oxygens (including phenoxy) is 1. The second-order valence-electron chi connectivity index (χ2n) is 4.49. The molecule has 0 aromatic heterocycles. The Hall–Kier alpha value is -0.740. The van der Waals surface area contributed by atoms with Gasteiger partial charge in [-0.25, -0.2) is 4.39 Å². The van der Waals surface area contributed by atoms with Gasteiger partial charge in [0.25, 0.3) is 0 Å². The van der Waals surface area contributed by atoms with Crippen molar-refractivity contribution in [3.05, 3.63) is 24.0 Å². The van der Waals surface area contributed by atoms with Gasteiger partial charge in [-0.1, -0.05) is 0 Å². The zero-order chi connectivity index (χ0) is 12.2. The van der Waals surface area contributed by atoms with Gasteiger partial charge in [-0.3, -0.25) is 0 Å². The number of rotatable bonds is 4. The fourth-order valence-corrected chi connectivity index (χ4v) is 1.93. The summed E-state index contributed by atoms with van der Waals surface area (Å²) in [5, 5.41) is 0. The molecule has 4 heteroatoms. The molecule has 0 bridgehead atoms. The zero-order valence-electron chi connectivity index (χ0n) is 9.92. The molecule has 0 unspecified atom stereocenters. The fourth-order valence-electron chi connectivity index (χ4n) is 1.15. The second kappa shape index (κ2) is 5.55. The van der Waals surface area contributed by atoms with Crippen LogP contribution in [-0.2, 0) is 4.74 Å². The van der Waals surface area contributed by atoms with Gasteiger partial charge in [0, 0.05) is 16.3 Å². The van der Waals surface area contributed by atoms with Gasteiger partial charge in [0.2, 0.25) is 0 Å². The highest BCUT2D eigenvalue weighted by atomic mass is 32.2. The normalized spacial score (nSPS) is 11.8. The Balaban J connectivity index is 2.38. The molecule has 0 aliphatic heterocycles.